The monoisotopic (exact) mass is 315 g/mol. The fraction of sp³-hybridized carbons (Fsp3) is 0.133. The van der Waals surface area contributed by atoms with Gasteiger partial charge in [-0.25, -0.2) is 4.98 Å². The molecule has 2 aromatic carbocycles. The molecule has 0 N–H and O–H groups in total. The number of hydrogen-bond acceptors (Lipinski definition) is 2. The molecule has 0 bridgehead atoms. The number of benzene rings is 2. The summed E-state index contributed by atoms with van der Waals surface area (Å²) in [6, 6.07) is 16.4. The van der Waals surface area contributed by atoms with Crippen LogP contribution in [0, 0.1) is 0 Å². The van der Waals surface area contributed by atoms with Gasteiger partial charge in [0.15, 0.2) is 0 Å². The first-order valence-corrected chi connectivity index (χ1v) is 6.87. The Morgan fingerprint density at radius 2 is 1.89 bits per heavy atom. The van der Waals surface area contributed by atoms with Gasteiger partial charge in [0, 0.05) is 24.3 Å². The summed E-state index contributed by atoms with van der Waals surface area (Å²) < 4.78 is 3.17. The number of imidazole rings is 1. The number of aromatic nitrogens is 2. The largest absolute Gasteiger partial charge is 0.315 e. The van der Waals surface area contributed by atoms with Gasteiger partial charge in [0.25, 0.3) is 0 Å². The molecule has 0 aliphatic heterocycles. The van der Waals surface area contributed by atoms with Crippen LogP contribution in [-0.2, 0) is 7.05 Å². The first-order valence-electron chi connectivity index (χ1n) is 6.07. The van der Waals surface area contributed by atoms with E-state index in [2.05, 4.69) is 43.6 Å². The van der Waals surface area contributed by atoms with E-state index in [1.807, 2.05) is 44.4 Å². The van der Waals surface area contributed by atoms with Crippen molar-refractivity contribution in [3.8, 4) is 0 Å². The van der Waals surface area contributed by atoms with Crippen LogP contribution < -0.4 is 4.90 Å². The molecule has 0 aliphatic rings. The molecule has 0 saturated carbocycles. The third-order valence-electron chi connectivity index (χ3n) is 3.26. The van der Waals surface area contributed by atoms with E-state index < -0.39 is 0 Å². The maximum absolute atomic E-state index is 4.69. The molecule has 19 heavy (non-hydrogen) atoms. The smallest absolute Gasteiger partial charge is 0.210 e. The fourth-order valence-electron chi connectivity index (χ4n) is 2.23. The van der Waals surface area contributed by atoms with E-state index in [1.54, 1.807) is 0 Å². The lowest BCUT2D eigenvalue weighted by Gasteiger charge is -2.18. The zero-order valence-electron chi connectivity index (χ0n) is 10.8. The molecule has 1 heterocycles. The van der Waals surface area contributed by atoms with Gasteiger partial charge in [-0.3, -0.25) is 0 Å². The quantitative estimate of drug-likeness (QED) is 0.709. The molecule has 0 atom stereocenters. The molecule has 96 valence electrons. The van der Waals surface area contributed by atoms with Gasteiger partial charge in [0.2, 0.25) is 5.95 Å². The number of fused-ring (bicyclic) bond motifs is 1. The van der Waals surface area contributed by atoms with Gasteiger partial charge in [-0.05, 0) is 30.3 Å². The standard InChI is InChI=1S/C15H14BrN3/c1-18(12-7-5-6-11(16)10-12)15-17-13-8-3-4-9-14(13)19(15)2/h3-10H,1-2H3. The molecule has 3 aromatic rings. The van der Waals surface area contributed by atoms with Crippen molar-refractivity contribution in [3.63, 3.8) is 0 Å². The molecule has 0 saturated heterocycles. The van der Waals surface area contributed by atoms with Crippen LogP contribution in [0.1, 0.15) is 0 Å². The van der Waals surface area contributed by atoms with E-state index in [-0.39, 0.29) is 0 Å². The van der Waals surface area contributed by atoms with Gasteiger partial charge in [-0.15, -0.1) is 0 Å². The Morgan fingerprint density at radius 1 is 1.11 bits per heavy atom. The minimum atomic E-state index is 0.930. The molecule has 0 unspecified atom stereocenters. The Hall–Kier alpha value is -1.81. The first-order chi connectivity index (χ1) is 9.16. The minimum absolute atomic E-state index is 0.930. The SMILES string of the molecule is CN(c1cccc(Br)c1)c1nc2ccccc2n1C. The van der Waals surface area contributed by atoms with Gasteiger partial charge in [-0.1, -0.05) is 34.1 Å². The Bertz CT molecular complexity index is 733. The average molecular weight is 316 g/mol. The summed E-state index contributed by atoms with van der Waals surface area (Å²) in [6.45, 7) is 0. The van der Waals surface area contributed by atoms with Crippen molar-refractivity contribution in [3.05, 3.63) is 53.0 Å². The first kappa shape index (κ1) is 12.2. The highest BCUT2D eigenvalue weighted by molar-refractivity contribution is 9.10. The molecule has 0 amide bonds. The maximum Gasteiger partial charge on any atom is 0.210 e. The molecule has 0 radical (unpaired) electrons. The summed E-state index contributed by atoms with van der Waals surface area (Å²) in [5.41, 5.74) is 3.26. The maximum atomic E-state index is 4.69. The Balaban J connectivity index is 2.11. The predicted octanol–water partition coefficient (Wildman–Crippen LogP) is 4.10. The van der Waals surface area contributed by atoms with E-state index >= 15 is 0 Å². The fourth-order valence-corrected chi connectivity index (χ4v) is 2.62. The second-order valence-corrected chi connectivity index (χ2v) is 5.41. The second-order valence-electron chi connectivity index (χ2n) is 4.50. The lowest BCUT2D eigenvalue weighted by atomic mass is 10.3. The summed E-state index contributed by atoms with van der Waals surface area (Å²) in [4.78, 5) is 6.78. The zero-order valence-corrected chi connectivity index (χ0v) is 12.4. The lowest BCUT2D eigenvalue weighted by molar-refractivity contribution is 0.910. The molecule has 1 aromatic heterocycles. The number of para-hydroxylation sites is 2. The van der Waals surface area contributed by atoms with Gasteiger partial charge < -0.3 is 9.47 Å². The molecule has 0 spiro atoms. The Kier molecular flexibility index (Phi) is 3.03. The minimum Gasteiger partial charge on any atom is -0.315 e. The van der Waals surface area contributed by atoms with Crippen LogP contribution in [-0.4, -0.2) is 16.6 Å². The van der Waals surface area contributed by atoms with Crippen LogP contribution in [0.2, 0.25) is 0 Å². The summed E-state index contributed by atoms with van der Waals surface area (Å²) in [6.07, 6.45) is 0. The number of aryl methyl sites for hydroxylation is 1. The van der Waals surface area contributed by atoms with Crippen molar-refractivity contribution >= 4 is 38.6 Å². The van der Waals surface area contributed by atoms with Crippen LogP contribution in [0.15, 0.2) is 53.0 Å². The van der Waals surface area contributed by atoms with Gasteiger partial charge in [-0.2, -0.15) is 0 Å². The van der Waals surface area contributed by atoms with Crippen molar-refractivity contribution in [1.29, 1.82) is 0 Å². The van der Waals surface area contributed by atoms with Gasteiger partial charge in [0.1, 0.15) is 0 Å². The van der Waals surface area contributed by atoms with Crippen molar-refractivity contribution in [2.45, 2.75) is 0 Å². The molecule has 4 heteroatoms. The molecular formula is C15H14BrN3. The number of halogens is 1. The zero-order chi connectivity index (χ0) is 13.4. The van der Waals surface area contributed by atoms with Gasteiger partial charge >= 0.3 is 0 Å². The number of hydrogen-bond donors (Lipinski definition) is 0. The summed E-state index contributed by atoms with van der Waals surface area (Å²) in [5.74, 6) is 0.930. The highest BCUT2D eigenvalue weighted by atomic mass is 79.9. The highest BCUT2D eigenvalue weighted by Gasteiger charge is 2.12. The topological polar surface area (TPSA) is 21.1 Å². The van der Waals surface area contributed by atoms with Crippen LogP contribution in [0.4, 0.5) is 11.6 Å². The van der Waals surface area contributed by atoms with E-state index in [0.29, 0.717) is 0 Å². The highest BCUT2D eigenvalue weighted by Crippen LogP contribution is 2.27. The van der Waals surface area contributed by atoms with E-state index in [4.69, 9.17) is 4.98 Å². The van der Waals surface area contributed by atoms with Gasteiger partial charge in [0.05, 0.1) is 11.0 Å². The van der Waals surface area contributed by atoms with E-state index in [0.717, 1.165) is 27.1 Å². The van der Waals surface area contributed by atoms with Crippen LogP contribution >= 0.6 is 15.9 Å². The predicted molar refractivity (Wildman–Crippen MR) is 82.9 cm³/mol. The molecule has 0 aliphatic carbocycles. The third-order valence-corrected chi connectivity index (χ3v) is 3.75. The second kappa shape index (κ2) is 4.70. The molecule has 3 rings (SSSR count). The number of rotatable bonds is 2. The Morgan fingerprint density at radius 3 is 2.63 bits per heavy atom. The van der Waals surface area contributed by atoms with Crippen molar-refractivity contribution in [2.75, 3.05) is 11.9 Å². The lowest BCUT2D eigenvalue weighted by Crippen LogP contribution is -2.14. The number of nitrogens with zero attached hydrogens (tertiary/aromatic N) is 3. The van der Waals surface area contributed by atoms with E-state index in [1.165, 1.54) is 0 Å². The summed E-state index contributed by atoms with van der Waals surface area (Å²) in [7, 11) is 4.07. The van der Waals surface area contributed by atoms with Crippen LogP contribution in [0.5, 0.6) is 0 Å². The Labute approximate surface area is 120 Å². The van der Waals surface area contributed by atoms with Crippen LogP contribution in [0.3, 0.4) is 0 Å². The van der Waals surface area contributed by atoms with Crippen molar-refractivity contribution in [2.24, 2.45) is 7.05 Å². The normalized spacial score (nSPS) is 10.9. The van der Waals surface area contributed by atoms with E-state index in [9.17, 15) is 0 Å². The van der Waals surface area contributed by atoms with Crippen molar-refractivity contribution in [1.82, 2.24) is 9.55 Å². The number of anilines is 2. The third kappa shape index (κ3) is 2.12. The molecule has 3 nitrogen and oxygen atoms in total. The molecular weight excluding hydrogens is 302 g/mol. The average Bonchev–Trinajstić information content (AvgIpc) is 2.76. The summed E-state index contributed by atoms with van der Waals surface area (Å²) in [5, 5.41) is 0. The summed E-state index contributed by atoms with van der Waals surface area (Å²) >= 11 is 3.50. The molecule has 0 fully saturated rings. The van der Waals surface area contributed by atoms with Crippen molar-refractivity contribution < 1.29 is 0 Å². The van der Waals surface area contributed by atoms with Crippen LogP contribution in [0.25, 0.3) is 11.0 Å².